The number of hydrogen-bond acceptors (Lipinski definition) is 5. The Morgan fingerprint density at radius 1 is 1.32 bits per heavy atom. The third-order valence-electron chi connectivity index (χ3n) is 2.77. The predicted molar refractivity (Wildman–Crippen MR) is 79.1 cm³/mol. The Bertz CT molecular complexity index is 444. The minimum Gasteiger partial charge on any atom is -0.388 e. The molecule has 1 heterocycles. The molecule has 6 nitrogen and oxygen atoms in total. The van der Waals surface area contributed by atoms with Crippen LogP contribution < -0.4 is 10.6 Å². The van der Waals surface area contributed by atoms with Crippen LogP contribution in [0.2, 0.25) is 0 Å². The molecular weight excluding hydrogens is 262 g/mol. The Balaban J connectivity index is 2.70. The summed E-state index contributed by atoms with van der Waals surface area (Å²) < 4.78 is 0. The molecule has 0 spiro atoms. The molecule has 7 heteroatoms. The van der Waals surface area contributed by atoms with E-state index in [2.05, 4.69) is 9.97 Å². The van der Waals surface area contributed by atoms with E-state index in [1.807, 2.05) is 13.8 Å². The van der Waals surface area contributed by atoms with Gasteiger partial charge in [0, 0.05) is 20.1 Å². The van der Waals surface area contributed by atoms with E-state index >= 15 is 0 Å². The molecule has 19 heavy (non-hydrogen) atoms. The van der Waals surface area contributed by atoms with Crippen LogP contribution in [0.4, 0.5) is 5.82 Å². The van der Waals surface area contributed by atoms with Gasteiger partial charge >= 0.3 is 0 Å². The van der Waals surface area contributed by atoms with E-state index in [0.29, 0.717) is 24.6 Å². The van der Waals surface area contributed by atoms with Crippen molar-refractivity contribution in [1.82, 2.24) is 14.9 Å². The summed E-state index contributed by atoms with van der Waals surface area (Å²) in [7, 11) is 1.80. The first-order valence-electron chi connectivity index (χ1n) is 6.10. The highest BCUT2D eigenvalue weighted by atomic mass is 32.1. The highest BCUT2D eigenvalue weighted by Gasteiger charge is 2.13. The molecule has 0 saturated heterocycles. The maximum atomic E-state index is 12.0. The van der Waals surface area contributed by atoms with Gasteiger partial charge in [-0.05, 0) is 13.8 Å². The average Bonchev–Trinajstić information content (AvgIpc) is 2.40. The van der Waals surface area contributed by atoms with Crippen molar-refractivity contribution in [3.05, 3.63) is 18.1 Å². The number of likely N-dealkylation sites (N-methyl/N-ethyl adjacent to an activating group) is 2. The molecule has 104 valence electrons. The van der Waals surface area contributed by atoms with E-state index in [1.54, 1.807) is 23.0 Å². The first-order chi connectivity index (χ1) is 8.99. The maximum Gasteiger partial charge on any atom is 0.242 e. The van der Waals surface area contributed by atoms with Crippen molar-refractivity contribution in [2.45, 2.75) is 13.8 Å². The number of carbonyl (C=O) groups excluding carboxylic acids is 1. The van der Waals surface area contributed by atoms with Crippen LogP contribution in [-0.2, 0) is 4.79 Å². The zero-order valence-corrected chi connectivity index (χ0v) is 12.3. The quantitative estimate of drug-likeness (QED) is 0.762. The van der Waals surface area contributed by atoms with Crippen molar-refractivity contribution in [3.63, 3.8) is 0 Å². The molecule has 0 aliphatic carbocycles. The van der Waals surface area contributed by atoms with Crippen LogP contribution in [-0.4, -0.2) is 52.4 Å². The van der Waals surface area contributed by atoms with Gasteiger partial charge in [0.15, 0.2) is 0 Å². The van der Waals surface area contributed by atoms with Gasteiger partial charge in [-0.3, -0.25) is 4.79 Å². The number of anilines is 1. The molecule has 0 fully saturated rings. The van der Waals surface area contributed by atoms with Crippen LogP contribution >= 0.6 is 12.2 Å². The number of thiocarbonyl (C=S) groups is 1. The first kappa shape index (κ1) is 15.3. The Kier molecular flexibility index (Phi) is 5.62. The molecule has 0 bridgehead atoms. The van der Waals surface area contributed by atoms with Crippen molar-refractivity contribution < 1.29 is 4.79 Å². The van der Waals surface area contributed by atoms with Gasteiger partial charge in [-0.25, -0.2) is 9.97 Å². The smallest absolute Gasteiger partial charge is 0.242 e. The minimum atomic E-state index is 0.0627. The second-order valence-corrected chi connectivity index (χ2v) is 4.49. The third-order valence-corrected chi connectivity index (χ3v) is 2.98. The van der Waals surface area contributed by atoms with Crippen LogP contribution in [0, 0.1) is 0 Å². The monoisotopic (exact) mass is 281 g/mol. The van der Waals surface area contributed by atoms with Crippen molar-refractivity contribution in [2.24, 2.45) is 5.73 Å². The molecule has 0 aliphatic heterocycles. The molecule has 1 aromatic heterocycles. The van der Waals surface area contributed by atoms with Gasteiger partial charge < -0.3 is 15.5 Å². The second-order valence-electron chi connectivity index (χ2n) is 4.05. The fraction of sp³-hybridized carbons (Fsp3) is 0.500. The van der Waals surface area contributed by atoms with Crippen molar-refractivity contribution in [1.29, 1.82) is 0 Å². The number of nitrogens with zero attached hydrogens (tertiary/aromatic N) is 4. The molecule has 1 amide bonds. The van der Waals surface area contributed by atoms with Crippen LogP contribution in [0.5, 0.6) is 0 Å². The lowest BCUT2D eigenvalue weighted by Gasteiger charge is -2.23. The lowest BCUT2D eigenvalue weighted by molar-refractivity contribution is -0.129. The van der Waals surface area contributed by atoms with Crippen molar-refractivity contribution in [3.8, 4) is 0 Å². The van der Waals surface area contributed by atoms with Gasteiger partial charge in [0.25, 0.3) is 0 Å². The van der Waals surface area contributed by atoms with Gasteiger partial charge in [0.05, 0.1) is 18.9 Å². The van der Waals surface area contributed by atoms with Gasteiger partial charge in [-0.15, -0.1) is 0 Å². The summed E-state index contributed by atoms with van der Waals surface area (Å²) in [5.41, 5.74) is 5.93. The highest BCUT2D eigenvalue weighted by molar-refractivity contribution is 7.80. The van der Waals surface area contributed by atoms with Gasteiger partial charge in [-0.2, -0.15) is 0 Å². The molecule has 0 aliphatic rings. The zero-order chi connectivity index (χ0) is 14.4. The SMILES string of the molecule is CCN(CC)C(=O)CN(C)c1cnc(C(N)=S)cn1. The van der Waals surface area contributed by atoms with E-state index < -0.39 is 0 Å². The van der Waals surface area contributed by atoms with Crippen LogP contribution in [0.15, 0.2) is 12.4 Å². The molecule has 1 rings (SSSR count). The van der Waals surface area contributed by atoms with Crippen molar-refractivity contribution >= 4 is 28.9 Å². The number of nitrogens with two attached hydrogens (primary N) is 1. The molecular formula is C12H19N5OS. The van der Waals surface area contributed by atoms with E-state index in [1.165, 1.54) is 6.20 Å². The predicted octanol–water partition coefficient (Wildman–Crippen LogP) is 0.415. The summed E-state index contributed by atoms with van der Waals surface area (Å²) in [6, 6.07) is 0. The Morgan fingerprint density at radius 3 is 2.37 bits per heavy atom. The molecule has 0 radical (unpaired) electrons. The number of rotatable bonds is 6. The first-order valence-corrected chi connectivity index (χ1v) is 6.51. The number of aromatic nitrogens is 2. The molecule has 1 aromatic rings. The largest absolute Gasteiger partial charge is 0.388 e. The van der Waals surface area contributed by atoms with E-state index in [9.17, 15) is 4.79 Å². The Morgan fingerprint density at radius 2 is 1.95 bits per heavy atom. The lowest BCUT2D eigenvalue weighted by Crippen LogP contribution is -2.39. The topological polar surface area (TPSA) is 75.4 Å². The fourth-order valence-corrected chi connectivity index (χ4v) is 1.71. The summed E-state index contributed by atoms with van der Waals surface area (Å²) in [5.74, 6) is 0.674. The van der Waals surface area contributed by atoms with Crippen LogP contribution in [0.25, 0.3) is 0 Å². The van der Waals surface area contributed by atoms with E-state index in [-0.39, 0.29) is 17.4 Å². The summed E-state index contributed by atoms with van der Waals surface area (Å²) in [4.78, 5) is 24.0. The number of amides is 1. The summed E-state index contributed by atoms with van der Waals surface area (Å²) in [6.07, 6.45) is 3.07. The van der Waals surface area contributed by atoms with E-state index in [4.69, 9.17) is 18.0 Å². The Labute approximate surface area is 118 Å². The molecule has 2 N–H and O–H groups in total. The standard InChI is InChI=1S/C12H19N5OS/c1-4-17(5-2)11(18)8-16(3)10-7-14-9(6-15-10)12(13)19/h6-7H,4-5,8H2,1-3H3,(H2,13,19). The van der Waals surface area contributed by atoms with Gasteiger partial charge in [0.1, 0.15) is 16.5 Å². The van der Waals surface area contributed by atoms with Crippen LogP contribution in [0.3, 0.4) is 0 Å². The fourth-order valence-electron chi connectivity index (χ4n) is 1.61. The Hall–Kier alpha value is -1.76. The molecule has 0 atom stereocenters. The zero-order valence-electron chi connectivity index (χ0n) is 11.5. The number of hydrogen-bond donors (Lipinski definition) is 1. The molecule has 0 saturated carbocycles. The molecule has 0 unspecified atom stereocenters. The number of carbonyl (C=O) groups is 1. The van der Waals surface area contributed by atoms with Crippen LogP contribution in [0.1, 0.15) is 19.5 Å². The van der Waals surface area contributed by atoms with Gasteiger partial charge in [0.2, 0.25) is 5.91 Å². The van der Waals surface area contributed by atoms with Crippen molar-refractivity contribution in [2.75, 3.05) is 31.6 Å². The molecule has 0 aromatic carbocycles. The van der Waals surface area contributed by atoms with Gasteiger partial charge in [-0.1, -0.05) is 12.2 Å². The summed E-state index contributed by atoms with van der Waals surface area (Å²) >= 11 is 4.81. The maximum absolute atomic E-state index is 12.0. The van der Waals surface area contributed by atoms with E-state index in [0.717, 1.165) is 0 Å². The summed E-state index contributed by atoms with van der Waals surface area (Å²) in [6.45, 7) is 5.59. The third kappa shape index (κ3) is 4.13. The highest BCUT2D eigenvalue weighted by Crippen LogP contribution is 2.07. The summed E-state index contributed by atoms with van der Waals surface area (Å²) in [5, 5.41) is 0. The average molecular weight is 281 g/mol. The normalized spacial score (nSPS) is 10.1. The minimum absolute atomic E-state index is 0.0627. The second kappa shape index (κ2) is 6.98. The lowest BCUT2D eigenvalue weighted by atomic mass is 10.4.